The molecule has 0 radical (unpaired) electrons. The number of carboxylic acid groups (broad SMARTS) is 2. The summed E-state index contributed by atoms with van der Waals surface area (Å²) in [4.78, 5) is 43.8. The molecule has 2 aliphatic heterocycles. The number of aliphatic hydroxyl groups excluding tert-OH is 1. The van der Waals surface area contributed by atoms with E-state index in [0.717, 1.165) is 59.4 Å². The molecule has 2 saturated heterocycles. The van der Waals surface area contributed by atoms with Crippen molar-refractivity contribution in [2.45, 2.75) is 78.2 Å². The molecular formula is C45H53ClN4O9. The number of carboxylic acids is 2. The van der Waals surface area contributed by atoms with E-state index in [0.29, 0.717) is 79.7 Å². The first kappa shape index (κ1) is 43.4. The van der Waals surface area contributed by atoms with Gasteiger partial charge in [-0.2, -0.15) is 0 Å². The van der Waals surface area contributed by atoms with Gasteiger partial charge < -0.3 is 40.2 Å². The van der Waals surface area contributed by atoms with Crippen molar-refractivity contribution in [3.05, 3.63) is 105 Å². The highest BCUT2D eigenvalue weighted by atomic mass is 35.5. The van der Waals surface area contributed by atoms with E-state index in [1.54, 1.807) is 24.4 Å². The summed E-state index contributed by atoms with van der Waals surface area (Å²) in [6.07, 6.45) is 6.94. The zero-order valence-electron chi connectivity index (χ0n) is 33.6. The average molecular weight is 829 g/mol. The molecule has 6 rings (SSSR count). The number of hydrogen-bond donors (Lipinski definition) is 4. The molecule has 3 heterocycles. The summed E-state index contributed by atoms with van der Waals surface area (Å²) in [6.45, 7) is 7.56. The Labute approximate surface area is 349 Å². The number of halogens is 1. The molecule has 314 valence electrons. The lowest BCUT2D eigenvalue weighted by molar-refractivity contribution is -0.155. The van der Waals surface area contributed by atoms with Crippen molar-refractivity contribution in [3.63, 3.8) is 0 Å². The maximum atomic E-state index is 12.1. The third kappa shape index (κ3) is 10.5. The van der Waals surface area contributed by atoms with E-state index in [2.05, 4.69) is 28.9 Å². The Morgan fingerprint density at radius 2 is 1.59 bits per heavy atom. The fraction of sp³-hybridized carbons (Fsp3) is 0.422. The van der Waals surface area contributed by atoms with Gasteiger partial charge in [-0.1, -0.05) is 48.4 Å². The lowest BCUT2D eigenvalue weighted by atomic mass is 9.79. The smallest absolute Gasteiger partial charge is 0.320 e. The number of pyridine rings is 1. The second-order valence-electron chi connectivity index (χ2n) is 15.5. The van der Waals surface area contributed by atoms with E-state index in [1.807, 2.05) is 36.1 Å². The molecule has 1 atom stereocenters. The van der Waals surface area contributed by atoms with Gasteiger partial charge >= 0.3 is 11.9 Å². The molecule has 0 saturated carbocycles. The van der Waals surface area contributed by atoms with E-state index >= 15 is 0 Å². The van der Waals surface area contributed by atoms with Crippen LogP contribution in [0, 0.1) is 19.3 Å². The number of nitrogens with two attached hydrogens (primary N) is 1. The highest BCUT2D eigenvalue weighted by Crippen LogP contribution is 2.38. The summed E-state index contributed by atoms with van der Waals surface area (Å²) < 4.78 is 18.9. The molecule has 2 aliphatic rings. The number of amides is 1. The first-order valence-electron chi connectivity index (χ1n) is 20.1. The number of likely N-dealkylation sites (tertiary alicyclic amines) is 2. The summed E-state index contributed by atoms with van der Waals surface area (Å²) in [6, 6.07) is 16.6. The number of benzene rings is 3. The van der Waals surface area contributed by atoms with Gasteiger partial charge in [-0.3, -0.25) is 24.3 Å². The normalized spacial score (nSPS) is 17.0. The van der Waals surface area contributed by atoms with Gasteiger partial charge in [0.15, 0.2) is 0 Å². The largest absolute Gasteiger partial charge is 0.493 e. The van der Waals surface area contributed by atoms with Crippen LogP contribution in [0.1, 0.15) is 76.7 Å². The van der Waals surface area contributed by atoms with Crippen molar-refractivity contribution >= 4 is 29.4 Å². The van der Waals surface area contributed by atoms with E-state index in [-0.39, 0.29) is 25.4 Å². The zero-order valence-corrected chi connectivity index (χ0v) is 34.4. The van der Waals surface area contributed by atoms with Crippen LogP contribution in [0.5, 0.6) is 17.2 Å². The highest BCUT2D eigenvalue weighted by Gasteiger charge is 2.41. The molecule has 3 aromatic carbocycles. The van der Waals surface area contributed by atoms with Crippen LogP contribution in [0.3, 0.4) is 0 Å². The molecule has 0 bridgehead atoms. The summed E-state index contributed by atoms with van der Waals surface area (Å²) in [5, 5.41) is 29.5. The predicted molar refractivity (Wildman–Crippen MR) is 223 cm³/mol. The minimum absolute atomic E-state index is 0.0763. The molecule has 2 fully saturated rings. The average Bonchev–Trinajstić information content (AvgIpc) is 3.23. The maximum absolute atomic E-state index is 12.1. The van der Waals surface area contributed by atoms with Crippen LogP contribution in [0.2, 0.25) is 5.02 Å². The molecule has 1 unspecified atom stereocenters. The SMILES string of the molecule is Cc1c(COc2cc(OCc3cncc(C(N)=O)c3)c(CN3CCCCC3C(=O)O)cc2Cl)cccc1-c1cccc(OCCCN2CCC(CO)(C(=O)O)CC2)c1C. The van der Waals surface area contributed by atoms with Crippen LogP contribution in [-0.2, 0) is 29.3 Å². The van der Waals surface area contributed by atoms with Gasteiger partial charge in [0.05, 0.1) is 29.2 Å². The predicted octanol–water partition coefficient (Wildman–Crippen LogP) is 6.64. The number of primary amides is 1. The molecule has 4 aromatic rings. The van der Waals surface area contributed by atoms with Crippen LogP contribution in [-0.4, -0.2) is 93.4 Å². The van der Waals surface area contributed by atoms with E-state index in [1.165, 1.54) is 6.20 Å². The number of hydrogen-bond acceptors (Lipinski definition) is 10. The van der Waals surface area contributed by atoms with Gasteiger partial charge in [0.25, 0.3) is 0 Å². The lowest BCUT2D eigenvalue weighted by Crippen LogP contribution is -2.46. The van der Waals surface area contributed by atoms with E-state index in [9.17, 15) is 29.7 Å². The number of aliphatic carboxylic acids is 2. The molecule has 0 spiro atoms. The molecule has 5 N–H and O–H groups in total. The van der Waals surface area contributed by atoms with Crippen molar-refractivity contribution in [2.24, 2.45) is 11.1 Å². The molecule has 14 heteroatoms. The maximum Gasteiger partial charge on any atom is 0.320 e. The second-order valence-corrected chi connectivity index (χ2v) is 15.9. The minimum Gasteiger partial charge on any atom is -0.493 e. The minimum atomic E-state index is -1.03. The van der Waals surface area contributed by atoms with Crippen LogP contribution in [0.4, 0.5) is 0 Å². The van der Waals surface area contributed by atoms with Crippen LogP contribution < -0.4 is 19.9 Å². The number of rotatable bonds is 18. The monoisotopic (exact) mass is 828 g/mol. The number of aliphatic hydroxyl groups is 1. The Kier molecular flexibility index (Phi) is 14.5. The second kappa shape index (κ2) is 19.7. The highest BCUT2D eigenvalue weighted by molar-refractivity contribution is 6.32. The molecule has 59 heavy (non-hydrogen) atoms. The van der Waals surface area contributed by atoms with Crippen molar-refractivity contribution in [3.8, 4) is 28.4 Å². The quantitative estimate of drug-likeness (QED) is 0.0785. The van der Waals surface area contributed by atoms with Gasteiger partial charge in [0, 0.05) is 42.7 Å². The zero-order chi connectivity index (χ0) is 42.1. The van der Waals surface area contributed by atoms with Crippen molar-refractivity contribution in [1.82, 2.24) is 14.8 Å². The number of aromatic nitrogens is 1. The van der Waals surface area contributed by atoms with Gasteiger partial charge in [0.2, 0.25) is 5.91 Å². The third-order valence-electron chi connectivity index (χ3n) is 11.7. The fourth-order valence-electron chi connectivity index (χ4n) is 7.95. The lowest BCUT2D eigenvalue weighted by Gasteiger charge is -2.37. The first-order chi connectivity index (χ1) is 28.4. The summed E-state index contributed by atoms with van der Waals surface area (Å²) in [5.74, 6) is -0.714. The summed E-state index contributed by atoms with van der Waals surface area (Å²) in [7, 11) is 0. The Hall–Kier alpha value is -5.21. The topological polar surface area (TPSA) is 185 Å². The molecule has 1 aromatic heterocycles. The third-order valence-corrected chi connectivity index (χ3v) is 12.0. The Bertz CT molecular complexity index is 2140. The Morgan fingerprint density at radius 1 is 0.864 bits per heavy atom. The molecular weight excluding hydrogens is 776 g/mol. The summed E-state index contributed by atoms with van der Waals surface area (Å²) in [5.41, 5.74) is 11.1. The van der Waals surface area contributed by atoms with Crippen LogP contribution in [0.15, 0.2) is 67.0 Å². The van der Waals surface area contributed by atoms with Gasteiger partial charge in [-0.25, -0.2) is 0 Å². The molecule has 1 amide bonds. The number of nitrogens with zero attached hydrogens (tertiary/aromatic N) is 3. The van der Waals surface area contributed by atoms with E-state index in [4.69, 9.17) is 31.5 Å². The van der Waals surface area contributed by atoms with Gasteiger partial charge in [-0.05, 0) is 112 Å². The van der Waals surface area contributed by atoms with Gasteiger partial charge in [-0.15, -0.1) is 0 Å². The number of carbonyl (C=O) groups is 3. The Morgan fingerprint density at radius 3 is 2.31 bits per heavy atom. The van der Waals surface area contributed by atoms with Crippen molar-refractivity contribution in [1.29, 1.82) is 0 Å². The van der Waals surface area contributed by atoms with Crippen LogP contribution >= 0.6 is 11.6 Å². The number of ether oxygens (including phenoxy) is 3. The standard InChI is InChI=1S/C45H53ClN4O9/c1-29-32(8-5-9-35(29)36-10-6-12-39(30(36)2)57-19-7-15-49-17-13-45(28-51,14-18-49)44(55)56)27-59-41-22-40(58-26-31-20-33(42(47)52)24-48-23-31)34(21-37(41)46)25-50-16-4-3-11-38(50)43(53)54/h5-6,8-10,12,20-24,38,51H,3-4,7,11,13-19,25-28H2,1-2H3,(H2,47,52)(H,53,54)(H,55,56). The molecule has 0 aliphatic carbocycles. The van der Waals surface area contributed by atoms with Gasteiger partial charge in [0.1, 0.15) is 36.5 Å². The molecule has 13 nitrogen and oxygen atoms in total. The van der Waals surface area contributed by atoms with Crippen LogP contribution in [0.25, 0.3) is 11.1 Å². The number of piperidine rings is 2. The summed E-state index contributed by atoms with van der Waals surface area (Å²) >= 11 is 6.86. The number of carbonyl (C=O) groups excluding carboxylic acids is 1. The van der Waals surface area contributed by atoms with Crippen molar-refractivity contribution < 1.29 is 43.9 Å². The first-order valence-corrected chi connectivity index (χ1v) is 20.4. The van der Waals surface area contributed by atoms with Crippen molar-refractivity contribution in [2.75, 3.05) is 39.4 Å². The Balaban J connectivity index is 1.14. The fourth-order valence-corrected chi connectivity index (χ4v) is 8.19. The van der Waals surface area contributed by atoms with E-state index < -0.39 is 29.3 Å².